The van der Waals surface area contributed by atoms with E-state index in [0.29, 0.717) is 24.5 Å². The van der Waals surface area contributed by atoms with Crippen molar-refractivity contribution in [3.8, 4) is 11.5 Å². The predicted molar refractivity (Wildman–Crippen MR) is 106 cm³/mol. The van der Waals surface area contributed by atoms with Gasteiger partial charge in [0, 0.05) is 12.1 Å². The fraction of sp³-hybridized carbons (Fsp3) is 0.286. The summed E-state index contributed by atoms with van der Waals surface area (Å²) in [5.41, 5.74) is 1.14. The quantitative estimate of drug-likeness (QED) is 0.567. The van der Waals surface area contributed by atoms with Crippen molar-refractivity contribution in [2.75, 3.05) is 33.9 Å². The molecule has 0 saturated heterocycles. The number of ether oxygens (including phenoxy) is 3. The first-order valence-electron chi connectivity index (χ1n) is 9.10. The van der Waals surface area contributed by atoms with Gasteiger partial charge in [-0.1, -0.05) is 12.1 Å². The molecule has 2 N–H and O–H groups in total. The summed E-state index contributed by atoms with van der Waals surface area (Å²) in [5, 5.41) is 5.00. The largest absolute Gasteiger partial charge is 0.493 e. The van der Waals surface area contributed by atoms with Gasteiger partial charge in [-0.3, -0.25) is 14.4 Å². The highest BCUT2D eigenvalue weighted by molar-refractivity contribution is 5.96. The maximum atomic E-state index is 12.8. The van der Waals surface area contributed by atoms with E-state index in [1.165, 1.54) is 38.5 Å². The summed E-state index contributed by atoms with van der Waals surface area (Å²) in [5.74, 6) is -1.21. The number of nitrogens with one attached hydrogen (secondary N) is 2. The average Bonchev–Trinajstić information content (AvgIpc) is 2.76. The zero-order chi connectivity index (χ0) is 21.9. The summed E-state index contributed by atoms with van der Waals surface area (Å²) < 4.78 is 27.9. The average molecular weight is 418 g/mol. The highest BCUT2D eigenvalue weighted by atomic mass is 19.1. The Hall–Kier alpha value is -3.62. The van der Waals surface area contributed by atoms with Crippen LogP contribution in [0.25, 0.3) is 0 Å². The van der Waals surface area contributed by atoms with Crippen molar-refractivity contribution in [3.05, 3.63) is 59.4 Å². The van der Waals surface area contributed by atoms with Crippen LogP contribution in [-0.2, 0) is 20.7 Å². The summed E-state index contributed by atoms with van der Waals surface area (Å²) in [6, 6.07) is 10.5. The van der Waals surface area contributed by atoms with Crippen LogP contribution >= 0.6 is 0 Å². The van der Waals surface area contributed by atoms with Gasteiger partial charge in [0.05, 0.1) is 14.2 Å². The molecule has 0 unspecified atom stereocenters. The fourth-order valence-corrected chi connectivity index (χ4v) is 2.48. The van der Waals surface area contributed by atoms with Gasteiger partial charge < -0.3 is 24.8 Å². The number of halogens is 1. The molecule has 9 heteroatoms. The highest BCUT2D eigenvalue weighted by Crippen LogP contribution is 2.27. The third-order valence-corrected chi connectivity index (χ3v) is 4.05. The summed E-state index contributed by atoms with van der Waals surface area (Å²) in [6.45, 7) is -0.539. The first-order chi connectivity index (χ1) is 14.4. The molecule has 2 aromatic carbocycles. The molecule has 0 spiro atoms. The fourth-order valence-electron chi connectivity index (χ4n) is 2.48. The highest BCUT2D eigenvalue weighted by Gasteiger charge is 2.13. The van der Waals surface area contributed by atoms with Gasteiger partial charge in [0.15, 0.2) is 18.1 Å². The van der Waals surface area contributed by atoms with E-state index < -0.39 is 30.9 Å². The molecule has 0 aliphatic heterocycles. The Bertz CT molecular complexity index is 886. The van der Waals surface area contributed by atoms with Gasteiger partial charge in [-0.2, -0.15) is 0 Å². The van der Waals surface area contributed by atoms with Crippen LogP contribution in [-0.4, -0.2) is 51.7 Å². The summed E-state index contributed by atoms with van der Waals surface area (Å²) >= 11 is 0. The van der Waals surface area contributed by atoms with E-state index in [-0.39, 0.29) is 11.4 Å². The molecule has 2 rings (SSSR count). The van der Waals surface area contributed by atoms with Crippen LogP contribution in [0.4, 0.5) is 4.39 Å². The third-order valence-electron chi connectivity index (χ3n) is 4.05. The molecule has 0 radical (unpaired) electrons. The van der Waals surface area contributed by atoms with Crippen LogP contribution < -0.4 is 20.1 Å². The van der Waals surface area contributed by atoms with Crippen LogP contribution in [0, 0.1) is 5.82 Å². The lowest BCUT2D eigenvalue weighted by atomic mass is 10.1. The zero-order valence-corrected chi connectivity index (χ0v) is 16.7. The smallest absolute Gasteiger partial charge is 0.325 e. The molecule has 0 fully saturated rings. The zero-order valence-electron chi connectivity index (χ0n) is 16.7. The van der Waals surface area contributed by atoms with E-state index >= 15 is 0 Å². The summed E-state index contributed by atoms with van der Waals surface area (Å²) in [6.07, 6.45) is 0.515. The number of benzene rings is 2. The standard InChI is InChI=1S/C21H23FN2O6/c1-28-17-8-5-15(11-18(17)29-2)21(27)24-12-20(26)30-13-19(25)23-10-9-14-3-6-16(22)7-4-14/h3-8,11H,9-10,12-13H2,1-2H3,(H,23,25)(H,24,27). The number of esters is 1. The molecule has 30 heavy (non-hydrogen) atoms. The van der Waals surface area contributed by atoms with E-state index in [0.717, 1.165) is 5.56 Å². The number of hydrogen-bond donors (Lipinski definition) is 2. The summed E-state index contributed by atoms with van der Waals surface area (Å²) in [4.78, 5) is 35.6. The Balaban J connectivity index is 1.68. The molecule has 160 valence electrons. The van der Waals surface area contributed by atoms with Gasteiger partial charge in [-0.25, -0.2) is 4.39 Å². The molecule has 0 aliphatic carbocycles. The van der Waals surface area contributed by atoms with Gasteiger partial charge >= 0.3 is 5.97 Å². The molecular formula is C21H23FN2O6. The first-order valence-corrected chi connectivity index (χ1v) is 9.10. The number of amides is 2. The second-order valence-electron chi connectivity index (χ2n) is 6.14. The molecule has 0 atom stereocenters. The Morgan fingerprint density at radius 3 is 2.30 bits per heavy atom. The first kappa shape index (κ1) is 22.7. The van der Waals surface area contributed by atoms with E-state index in [4.69, 9.17) is 14.2 Å². The Morgan fingerprint density at radius 1 is 0.933 bits per heavy atom. The lowest BCUT2D eigenvalue weighted by Gasteiger charge is -2.10. The molecule has 8 nitrogen and oxygen atoms in total. The van der Waals surface area contributed by atoms with Gasteiger partial charge in [-0.05, 0) is 42.3 Å². The van der Waals surface area contributed by atoms with E-state index in [1.807, 2.05) is 0 Å². The second-order valence-corrected chi connectivity index (χ2v) is 6.14. The normalized spacial score (nSPS) is 10.1. The number of hydrogen-bond acceptors (Lipinski definition) is 6. The monoisotopic (exact) mass is 418 g/mol. The van der Waals surface area contributed by atoms with Crippen LogP contribution in [0.5, 0.6) is 11.5 Å². The Morgan fingerprint density at radius 2 is 1.63 bits per heavy atom. The van der Waals surface area contributed by atoms with E-state index in [9.17, 15) is 18.8 Å². The lowest BCUT2D eigenvalue weighted by molar-refractivity contribution is -0.147. The number of carbonyl (C=O) groups is 3. The second kappa shape index (κ2) is 11.4. The molecule has 0 heterocycles. The molecule has 2 amide bonds. The predicted octanol–water partition coefficient (Wildman–Crippen LogP) is 1.47. The van der Waals surface area contributed by atoms with Crippen molar-refractivity contribution in [1.82, 2.24) is 10.6 Å². The minimum atomic E-state index is -0.752. The van der Waals surface area contributed by atoms with E-state index in [2.05, 4.69) is 10.6 Å². The van der Waals surface area contributed by atoms with Gasteiger partial charge in [0.25, 0.3) is 11.8 Å². The van der Waals surface area contributed by atoms with Crippen molar-refractivity contribution in [2.45, 2.75) is 6.42 Å². The minimum absolute atomic E-state index is 0.277. The van der Waals surface area contributed by atoms with Crippen LogP contribution in [0.2, 0.25) is 0 Å². The SMILES string of the molecule is COc1ccc(C(=O)NCC(=O)OCC(=O)NCCc2ccc(F)cc2)cc1OC. The van der Waals surface area contributed by atoms with E-state index in [1.54, 1.807) is 18.2 Å². The Labute approximate surface area is 173 Å². The Kier molecular flexibility index (Phi) is 8.61. The van der Waals surface area contributed by atoms with Crippen molar-refractivity contribution in [1.29, 1.82) is 0 Å². The van der Waals surface area contributed by atoms with Crippen molar-refractivity contribution < 1.29 is 33.0 Å². The maximum Gasteiger partial charge on any atom is 0.325 e. The van der Waals surface area contributed by atoms with Gasteiger partial charge in [0.2, 0.25) is 0 Å². The maximum absolute atomic E-state index is 12.8. The number of rotatable bonds is 10. The summed E-state index contributed by atoms with van der Waals surface area (Å²) in [7, 11) is 2.92. The van der Waals surface area contributed by atoms with Crippen molar-refractivity contribution in [2.24, 2.45) is 0 Å². The molecular weight excluding hydrogens is 395 g/mol. The molecule has 0 aromatic heterocycles. The van der Waals surface area contributed by atoms with Crippen LogP contribution in [0.3, 0.4) is 0 Å². The lowest BCUT2D eigenvalue weighted by Crippen LogP contribution is -2.34. The topological polar surface area (TPSA) is 103 Å². The molecule has 2 aromatic rings. The molecule has 0 bridgehead atoms. The van der Waals surface area contributed by atoms with Crippen LogP contribution in [0.15, 0.2) is 42.5 Å². The van der Waals surface area contributed by atoms with Crippen molar-refractivity contribution in [3.63, 3.8) is 0 Å². The van der Waals surface area contributed by atoms with Crippen molar-refractivity contribution >= 4 is 17.8 Å². The van der Waals surface area contributed by atoms with Gasteiger partial charge in [0.1, 0.15) is 12.4 Å². The van der Waals surface area contributed by atoms with Gasteiger partial charge in [-0.15, -0.1) is 0 Å². The van der Waals surface area contributed by atoms with Crippen LogP contribution in [0.1, 0.15) is 15.9 Å². The number of methoxy groups -OCH3 is 2. The minimum Gasteiger partial charge on any atom is -0.493 e. The molecule has 0 aliphatic rings. The molecule has 0 saturated carbocycles. The number of carbonyl (C=O) groups excluding carboxylic acids is 3. The third kappa shape index (κ3) is 7.08.